The summed E-state index contributed by atoms with van der Waals surface area (Å²) < 4.78 is 0. The first kappa shape index (κ1) is 19.3. The van der Waals surface area contributed by atoms with Gasteiger partial charge in [0.2, 0.25) is 0 Å². The number of nitrogens with one attached hydrogen (secondary N) is 4. The Balaban J connectivity index is 1.91. The van der Waals surface area contributed by atoms with Gasteiger partial charge in [-0.3, -0.25) is 25.2 Å². The zero-order valence-electron chi connectivity index (χ0n) is 14.3. The molecule has 2 aromatic rings. The molecule has 0 aliphatic rings. The number of anilines is 1. The van der Waals surface area contributed by atoms with Gasteiger partial charge in [0.15, 0.2) is 0 Å². The summed E-state index contributed by atoms with van der Waals surface area (Å²) in [5.74, 6) is -1.14. The molecule has 0 saturated carbocycles. The standard InChI is InChI=1S/C18H19ClN4O3/c1-11(21-15-8-4-6-13(10-15)17(25)20-2)16(24)22-23-18(26)12-5-3-7-14(19)9-12/h3-11,21H,1-2H3,(H,20,25)(H,22,24)(H,23,26)/t11-/m1/s1. The minimum atomic E-state index is -0.644. The van der Waals surface area contributed by atoms with E-state index in [4.69, 9.17) is 11.6 Å². The summed E-state index contributed by atoms with van der Waals surface area (Å²) in [5.41, 5.74) is 6.08. The van der Waals surface area contributed by atoms with Crippen LogP contribution >= 0.6 is 11.6 Å². The minimum absolute atomic E-state index is 0.223. The van der Waals surface area contributed by atoms with Crippen molar-refractivity contribution in [3.05, 3.63) is 64.7 Å². The van der Waals surface area contributed by atoms with Gasteiger partial charge < -0.3 is 10.6 Å². The number of hydrazine groups is 1. The Morgan fingerprint density at radius 1 is 0.923 bits per heavy atom. The Kier molecular flexibility index (Phi) is 6.57. The van der Waals surface area contributed by atoms with E-state index in [1.807, 2.05) is 0 Å². The summed E-state index contributed by atoms with van der Waals surface area (Å²) in [7, 11) is 1.54. The van der Waals surface area contributed by atoms with E-state index in [1.54, 1.807) is 56.4 Å². The van der Waals surface area contributed by atoms with Gasteiger partial charge in [0.1, 0.15) is 6.04 Å². The van der Waals surface area contributed by atoms with E-state index in [0.29, 0.717) is 21.8 Å². The summed E-state index contributed by atoms with van der Waals surface area (Å²) >= 11 is 5.83. The normalized spacial score (nSPS) is 11.2. The van der Waals surface area contributed by atoms with Crippen LogP contribution in [0, 0.1) is 0 Å². The van der Waals surface area contributed by atoms with Crippen molar-refractivity contribution in [2.24, 2.45) is 0 Å². The molecule has 136 valence electrons. The van der Waals surface area contributed by atoms with Crippen molar-refractivity contribution in [3.63, 3.8) is 0 Å². The molecular weight excluding hydrogens is 356 g/mol. The average molecular weight is 375 g/mol. The molecule has 0 aliphatic carbocycles. The Hall–Kier alpha value is -3.06. The number of rotatable bonds is 5. The number of amides is 3. The maximum absolute atomic E-state index is 12.1. The molecule has 0 fully saturated rings. The Morgan fingerprint density at radius 3 is 2.23 bits per heavy atom. The molecule has 0 bridgehead atoms. The van der Waals surface area contributed by atoms with Crippen molar-refractivity contribution < 1.29 is 14.4 Å². The van der Waals surface area contributed by atoms with Gasteiger partial charge in [0.05, 0.1) is 0 Å². The van der Waals surface area contributed by atoms with Crippen LogP contribution in [0.4, 0.5) is 5.69 Å². The first-order valence-corrected chi connectivity index (χ1v) is 8.23. The van der Waals surface area contributed by atoms with Gasteiger partial charge in [-0.2, -0.15) is 0 Å². The summed E-state index contributed by atoms with van der Waals surface area (Å²) in [5, 5.41) is 5.93. The van der Waals surface area contributed by atoms with Crippen molar-refractivity contribution in [2.45, 2.75) is 13.0 Å². The second-order valence-corrected chi connectivity index (χ2v) is 5.92. The highest BCUT2D eigenvalue weighted by Crippen LogP contribution is 2.12. The van der Waals surface area contributed by atoms with Crippen molar-refractivity contribution >= 4 is 35.0 Å². The van der Waals surface area contributed by atoms with Crippen LogP contribution in [0.5, 0.6) is 0 Å². The van der Waals surface area contributed by atoms with E-state index >= 15 is 0 Å². The van der Waals surface area contributed by atoms with Crippen molar-refractivity contribution in [1.82, 2.24) is 16.2 Å². The lowest BCUT2D eigenvalue weighted by Gasteiger charge is -2.16. The van der Waals surface area contributed by atoms with Gasteiger partial charge in [-0.15, -0.1) is 0 Å². The van der Waals surface area contributed by atoms with E-state index in [0.717, 1.165) is 0 Å². The average Bonchev–Trinajstić information content (AvgIpc) is 2.65. The Morgan fingerprint density at radius 2 is 1.58 bits per heavy atom. The van der Waals surface area contributed by atoms with Gasteiger partial charge in [0, 0.05) is 28.9 Å². The highest BCUT2D eigenvalue weighted by Gasteiger charge is 2.15. The summed E-state index contributed by atoms with van der Waals surface area (Å²) in [6.07, 6.45) is 0. The fourth-order valence-electron chi connectivity index (χ4n) is 2.14. The monoisotopic (exact) mass is 374 g/mol. The van der Waals surface area contributed by atoms with Crippen LogP contribution in [0.1, 0.15) is 27.6 Å². The molecule has 0 spiro atoms. The lowest BCUT2D eigenvalue weighted by Crippen LogP contribution is -2.47. The molecule has 2 aromatic carbocycles. The zero-order chi connectivity index (χ0) is 19.1. The zero-order valence-corrected chi connectivity index (χ0v) is 15.1. The fourth-order valence-corrected chi connectivity index (χ4v) is 2.33. The summed E-state index contributed by atoms with van der Waals surface area (Å²) in [4.78, 5) is 35.8. The molecule has 0 unspecified atom stereocenters. The number of hydrogen-bond acceptors (Lipinski definition) is 4. The quantitative estimate of drug-likeness (QED) is 0.601. The topological polar surface area (TPSA) is 99.3 Å². The molecule has 0 heterocycles. The molecule has 3 amide bonds. The summed E-state index contributed by atoms with van der Waals surface area (Å²) in [6, 6.07) is 12.5. The van der Waals surface area contributed by atoms with Gasteiger partial charge >= 0.3 is 0 Å². The third-order valence-electron chi connectivity index (χ3n) is 3.51. The van der Waals surface area contributed by atoms with E-state index in [9.17, 15) is 14.4 Å². The smallest absolute Gasteiger partial charge is 0.269 e. The molecule has 4 N–H and O–H groups in total. The predicted octanol–water partition coefficient (Wildman–Crippen LogP) is 1.96. The van der Waals surface area contributed by atoms with Crippen molar-refractivity contribution in [2.75, 3.05) is 12.4 Å². The molecule has 0 saturated heterocycles. The molecule has 26 heavy (non-hydrogen) atoms. The van der Waals surface area contributed by atoms with Crippen LogP contribution in [-0.2, 0) is 4.79 Å². The summed E-state index contributed by atoms with van der Waals surface area (Å²) in [6.45, 7) is 1.63. The van der Waals surface area contributed by atoms with E-state index in [2.05, 4.69) is 21.5 Å². The highest BCUT2D eigenvalue weighted by molar-refractivity contribution is 6.30. The van der Waals surface area contributed by atoms with E-state index in [1.165, 1.54) is 6.07 Å². The van der Waals surface area contributed by atoms with Crippen molar-refractivity contribution in [3.8, 4) is 0 Å². The number of carbonyl (C=O) groups is 3. The number of carbonyl (C=O) groups excluding carboxylic acids is 3. The van der Waals surface area contributed by atoms with Crippen LogP contribution in [0.15, 0.2) is 48.5 Å². The maximum atomic E-state index is 12.1. The molecule has 2 rings (SSSR count). The van der Waals surface area contributed by atoms with Crippen LogP contribution in [0.3, 0.4) is 0 Å². The van der Waals surface area contributed by atoms with Gasteiger partial charge in [-0.25, -0.2) is 0 Å². The van der Waals surface area contributed by atoms with E-state index in [-0.39, 0.29) is 5.91 Å². The van der Waals surface area contributed by atoms with Crippen LogP contribution in [0.2, 0.25) is 5.02 Å². The predicted molar refractivity (Wildman–Crippen MR) is 100.0 cm³/mol. The first-order valence-electron chi connectivity index (χ1n) is 7.85. The molecule has 1 atom stereocenters. The van der Waals surface area contributed by atoms with Crippen molar-refractivity contribution in [1.29, 1.82) is 0 Å². The second kappa shape index (κ2) is 8.87. The number of halogens is 1. The van der Waals surface area contributed by atoms with Crippen LogP contribution in [-0.4, -0.2) is 30.8 Å². The molecule has 7 nitrogen and oxygen atoms in total. The van der Waals surface area contributed by atoms with Crippen LogP contribution < -0.4 is 21.5 Å². The third-order valence-corrected chi connectivity index (χ3v) is 3.75. The largest absolute Gasteiger partial charge is 0.374 e. The van der Waals surface area contributed by atoms with Crippen LogP contribution in [0.25, 0.3) is 0 Å². The number of hydrogen-bond donors (Lipinski definition) is 4. The number of benzene rings is 2. The Labute approximate surface area is 156 Å². The Bertz CT molecular complexity index is 826. The molecular formula is C18H19ClN4O3. The molecule has 8 heteroatoms. The molecule has 0 radical (unpaired) electrons. The second-order valence-electron chi connectivity index (χ2n) is 5.48. The highest BCUT2D eigenvalue weighted by atomic mass is 35.5. The lowest BCUT2D eigenvalue weighted by molar-refractivity contribution is -0.122. The minimum Gasteiger partial charge on any atom is -0.374 e. The first-order chi connectivity index (χ1) is 12.4. The maximum Gasteiger partial charge on any atom is 0.269 e. The third kappa shape index (κ3) is 5.22. The lowest BCUT2D eigenvalue weighted by atomic mass is 10.1. The van der Waals surface area contributed by atoms with Gasteiger partial charge in [-0.05, 0) is 43.3 Å². The van der Waals surface area contributed by atoms with Gasteiger partial charge in [-0.1, -0.05) is 23.7 Å². The molecule has 0 aliphatic heterocycles. The fraction of sp³-hybridized carbons (Fsp3) is 0.167. The van der Waals surface area contributed by atoms with Gasteiger partial charge in [0.25, 0.3) is 17.7 Å². The SMILES string of the molecule is CNC(=O)c1cccc(N[C@H](C)C(=O)NNC(=O)c2cccc(Cl)c2)c1. The van der Waals surface area contributed by atoms with E-state index < -0.39 is 17.9 Å². The molecule has 0 aromatic heterocycles.